The average molecular weight is 477 g/mol. The highest BCUT2D eigenvalue weighted by molar-refractivity contribution is 6.30. The molecular formula is C25H37ClN4O3. The molecule has 1 aromatic carbocycles. The van der Waals surface area contributed by atoms with Gasteiger partial charge in [0, 0.05) is 25.2 Å². The molecule has 0 spiro atoms. The fourth-order valence-electron chi connectivity index (χ4n) is 4.71. The molecule has 3 rings (SSSR count). The summed E-state index contributed by atoms with van der Waals surface area (Å²) in [7, 11) is 3.61. The van der Waals surface area contributed by atoms with Gasteiger partial charge < -0.3 is 14.9 Å². The Balaban J connectivity index is 1.71. The van der Waals surface area contributed by atoms with E-state index in [0.717, 1.165) is 44.9 Å². The van der Waals surface area contributed by atoms with Crippen molar-refractivity contribution in [3.8, 4) is 0 Å². The number of aromatic amines is 1. The van der Waals surface area contributed by atoms with Crippen LogP contribution in [0.5, 0.6) is 0 Å². The van der Waals surface area contributed by atoms with Crippen molar-refractivity contribution < 1.29 is 5.11 Å². The number of unbranched alkanes of at least 4 members (excludes halogenated alkanes) is 5. The largest absolute Gasteiger partial charge is 0.393 e. The van der Waals surface area contributed by atoms with E-state index in [1.54, 1.807) is 11.6 Å². The number of H-pyrrole nitrogens is 1. The standard InChI is InChI=1S/C25H37ClN4O3/c1-18(31)10-8-6-4-5-7-9-11-21(16-19-12-14-20(26)15-13-19)30-17-28(2)22-23(32)27-25(33)29(3)24(22)30/h12-15,18,21,31H,4-11,16-17H2,1-3H3,(H,27,32,33). The summed E-state index contributed by atoms with van der Waals surface area (Å²) in [4.78, 5) is 31.4. The molecule has 0 fully saturated rings. The van der Waals surface area contributed by atoms with E-state index in [0.29, 0.717) is 23.2 Å². The van der Waals surface area contributed by atoms with E-state index in [-0.39, 0.29) is 23.4 Å². The molecule has 7 nitrogen and oxygen atoms in total. The predicted molar refractivity (Wildman–Crippen MR) is 136 cm³/mol. The van der Waals surface area contributed by atoms with Crippen LogP contribution in [0.25, 0.3) is 0 Å². The first kappa shape index (κ1) is 25.4. The molecular weight excluding hydrogens is 440 g/mol. The van der Waals surface area contributed by atoms with Crippen molar-refractivity contribution in [2.24, 2.45) is 7.05 Å². The Morgan fingerprint density at radius 2 is 1.61 bits per heavy atom. The Morgan fingerprint density at radius 3 is 2.24 bits per heavy atom. The Bertz CT molecular complexity index is 1020. The molecule has 182 valence electrons. The van der Waals surface area contributed by atoms with Crippen LogP contribution in [0.3, 0.4) is 0 Å². The van der Waals surface area contributed by atoms with Crippen molar-refractivity contribution in [1.29, 1.82) is 0 Å². The lowest BCUT2D eigenvalue weighted by atomic mass is 9.98. The SMILES string of the molecule is CC(O)CCCCCCCCC(Cc1ccc(Cl)cc1)N1CN(C)c2c1n(C)c(=O)[nH]c2=O. The van der Waals surface area contributed by atoms with E-state index in [2.05, 4.69) is 22.0 Å². The fourth-order valence-corrected chi connectivity index (χ4v) is 4.84. The second-order valence-electron chi connectivity index (χ2n) is 9.33. The van der Waals surface area contributed by atoms with Crippen LogP contribution >= 0.6 is 11.6 Å². The summed E-state index contributed by atoms with van der Waals surface area (Å²) in [6.07, 6.45) is 9.31. The zero-order valence-corrected chi connectivity index (χ0v) is 20.8. The molecule has 1 aliphatic rings. The van der Waals surface area contributed by atoms with Gasteiger partial charge in [-0.2, -0.15) is 0 Å². The molecule has 1 aliphatic heterocycles. The molecule has 2 N–H and O–H groups in total. The summed E-state index contributed by atoms with van der Waals surface area (Å²) in [5, 5.41) is 10.1. The highest BCUT2D eigenvalue weighted by atomic mass is 35.5. The highest BCUT2D eigenvalue weighted by Gasteiger charge is 2.33. The van der Waals surface area contributed by atoms with E-state index in [4.69, 9.17) is 11.6 Å². The Labute approximate surface area is 201 Å². The molecule has 0 amide bonds. The number of hydrogen-bond donors (Lipinski definition) is 2. The quantitative estimate of drug-likeness (QED) is 0.451. The van der Waals surface area contributed by atoms with Crippen molar-refractivity contribution in [2.75, 3.05) is 23.5 Å². The number of aliphatic hydroxyl groups excluding tert-OH is 1. The molecule has 0 aliphatic carbocycles. The van der Waals surface area contributed by atoms with E-state index in [1.807, 2.05) is 31.0 Å². The number of halogens is 1. The summed E-state index contributed by atoms with van der Waals surface area (Å²) in [6.45, 7) is 2.42. The second kappa shape index (κ2) is 11.7. The second-order valence-corrected chi connectivity index (χ2v) is 9.77. The van der Waals surface area contributed by atoms with Gasteiger partial charge in [0.05, 0.1) is 12.8 Å². The number of rotatable bonds is 12. The maximum atomic E-state index is 12.5. The number of aromatic nitrogens is 2. The van der Waals surface area contributed by atoms with Gasteiger partial charge in [-0.3, -0.25) is 14.3 Å². The van der Waals surface area contributed by atoms with Gasteiger partial charge in [0.1, 0.15) is 11.5 Å². The van der Waals surface area contributed by atoms with Gasteiger partial charge in [-0.05, 0) is 43.9 Å². The summed E-state index contributed by atoms with van der Waals surface area (Å²) >= 11 is 6.08. The zero-order chi connectivity index (χ0) is 24.0. The topological polar surface area (TPSA) is 81.6 Å². The number of anilines is 2. The van der Waals surface area contributed by atoms with Crippen LogP contribution in [-0.4, -0.2) is 40.5 Å². The normalized spacial score (nSPS) is 15.1. The Morgan fingerprint density at radius 1 is 1.00 bits per heavy atom. The molecule has 2 heterocycles. The van der Waals surface area contributed by atoms with Gasteiger partial charge in [-0.1, -0.05) is 62.3 Å². The first-order valence-electron chi connectivity index (χ1n) is 12.0. The minimum absolute atomic E-state index is 0.164. The third-order valence-corrected chi connectivity index (χ3v) is 6.77. The summed E-state index contributed by atoms with van der Waals surface area (Å²) in [6, 6.07) is 8.08. The lowest BCUT2D eigenvalue weighted by Gasteiger charge is -2.31. The number of fused-ring (bicyclic) bond motifs is 1. The van der Waals surface area contributed by atoms with Gasteiger partial charge in [0.25, 0.3) is 5.56 Å². The van der Waals surface area contributed by atoms with Crippen LogP contribution < -0.4 is 21.0 Å². The van der Waals surface area contributed by atoms with E-state index in [1.165, 1.54) is 18.4 Å². The van der Waals surface area contributed by atoms with Crippen LogP contribution in [0.2, 0.25) is 5.02 Å². The number of nitrogens with one attached hydrogen (secondary N) is 1. The van der Waals surface area contributed by atoms with Crippen LogP contribution in [0, 0.1) is 0 Å². The van der Waals surface area contributed by atoms with Crippen LogP contribution in [0.15, 0.2) is 33.9 Å². The van der Waals surface area contributed by atoms with E-state index < -0.39 is 0 Å². The molecule has 0 saturated heterocycles. The molecule has 2 atom stereocenters. The van der Waals surface area contributed by atoms with Crippen molar-refractivity contribution >= 4 is 23.1 Å². The smallest absolute Gasteiger partial charge is 0.329 e. The fraction of sp³-hybridized carbons (Fsp3) is 0.600. The number of hydrogen-bond acceptors (Lipinski definition) is 5. The molecule has 8 heteroatoms. The summed E-state index contributed by atoms with van der Waals surface area (Å²) in [5.74, 6) is 0.698. The first-order valence-corrected chi connectivity index (χ1v) is 12.4. The third-order valence-electron chi connectivity index (χ3n) is 6.52. The predicted octanol–water partition coefficient (Wildman–Crippen LogP) is 4.05. The molecule has 2 aromatic rings. The molecule has 0 radical (unpaired) electrons. The minimum atomic E-state index is -0.388. The third kappa shape index (κ3) is 6.64. The lowest BCUT2D eigenvalue weighted by molar-refractivity contribution is 0.180. The average Bonchev–Trinajstić information content (AvgIpc) is 3.12. The summed E-state index contributed by atoms with van der Waals surface area (Å²) < 4.78 is 1.55. The zero-order valence-electron chi connectivity index (χ0n) is 20.0. The highest BCUT2D eigenvalue weighted by Crippen LogP contribution is 2.34. The maximum Gasteiger partial charge on any atom is 0.329 e. The maximum absolute atomic E-state index is 12.5. The van der Waals surface area contributed by atoms with Crippen molar-refractivity contribution in [2.45, 2.75) is 76.9 Å². The first-order chi connectivity index (χ1) is 15.8. The van der Waals surface area contributed by atoms with E-state index >= 15 is 0 Å². The van der Waals surface area contributed by atoms with Crippen molar-refractivity contribution in [1.82, 2.24) is 9.55 Å². The van der Waals surface area contributed by atoms with Crippen LogP contribution in [0.4, 0.5) is 11.5 Å². The van der Waals surface area contributed by atoms with Crippen LogP contribution in [0.1, 0.15) is 63.9 Å². The Hall–Kier alpha value is -2.25. The molecule has 0 bridgehead atoms. The summed E-state index contributed by atoms with van der Waals surface area (Å²) in [5.41, 5.74) is 1.02. The van der Waals surface area contributed by atoms with Crippen molar-refractivity contribution in [3.05, 3.63) is 55.7 Å². The number of aliphatic hydroxyl groups is 1. The van der Waals surface area contributed by atoms with E-state index in [9.17, 15) is 14.7 Å². The lowest BCUT2D eigenvalue weighted by Crippen LogP contribution is -2.41. The number of nitrogens with zero attached hydrogens (tertiary/aromatic N) is 3. The monoisotopic (exact) mass is 476 g/mol. The number of benzene rings is 1. The van der Waals surface area contributed by atoms with Crippen molar-refractivity contribution in [3.63, 3.8) is 0 Å². The van der Waals surface area contributed by atoms with Gasteiger partial charge in [0.15, 0.2) is 0 Å². The minimum Gasteiger partial charge on any atom is -0.393 e. The van der Waals surface area contributed by atoms with Gasteiger partial charge in [-0.25, -0.2) is 4.79 Å². The van der Waals surface area contributed by atoms with Gasteiger partial charge in [0.2, 0.25) is 0 Å². The molecule has 1 aromatic heterocycles. The Kier molecular flexibility index (Phi) is 9.03. The molecule has 2 unspecified atom stereocenters. The van der Waals surface area contributed by atoms with Gasteiger partial charge >= 0.3 is 5.69 Å². The molecule has 33 heavy (non-hydrogen) atoms. The van der Waals surface area contributed by atoms with Crippen LogP contribution in [-0.2, 0) is 13.5 Å². The van der Waals surface area contributed by atoms with Gasteiger partial charge in [-0.15, -0.1) is 0 Å². The molecule has 0 saturated carbocycles.